The van der Waals surface area contributed by atoms with E-state index in [1.807, 2.05) is 0 Å². The van der Waals surface area contributed by atoms with Gasteiger partial charge in [-0.3, -0.25) is 19.5 Å². The Hall–Kier alpha value is -2.40. The van der Waals surface area contributed by atoms with Crippen LogP contribution in [0.3, 0.4) is 0 Å². The van der Waals surface area contributed by atoms with Crippen LogP contribution >= 0.6 is 11.6 Å². The minimum absolute atomic E-state index is 0.119. The highest BCUT2D eigenvalue weighted by molar-refractivity contribution is 6.31. The Kier molecular flexibility index (Phi) is 2.91. The molecule has 0 unspecified atom stereocenters. The number of aromatic nitrogens is 1. The van der Waals surface area contributed by atoms with Gasteiger partial charge >= 0.3 is 0 Å². The SMILES string of the molecule is Nc1ccc2c(c1)C(=O)N(Cc1ccncc1Cl)C2=O. The number of nitrogens with two attached hydrogens (primary N) is 1. The van der Waals surface area contributed by atoms with Crippen molar-refractivity contribution in [2.24, 2.45) is 0 Å². The summed E-state index contributed by atoms with van der Waals surface area (Å²) in [6.45, 7) is 0.119. The number of anilines is 1. The second-order valence-corrected chi connectivity index (χ2v) is 4.88. The van der Waals surface area contributed by atoms with Crippen LogP contribution in [0.15, 0.2) is 36.7 Å². The van der Waals surface area contributed by atoms with Crippen LogP contribution in [0.1, 0.15) is 26.3 Å². The highest BCUT2D eigenvalue weighted by Crippen LogP contribution is 2.27. The Morgan fingerprint density at radius 2 is 1.90 bits per heavy atom. The molecule has 2 aromatic rings. The van der Waals surface area contributed by atoms with Gasteiger partial charge in [0.05, 0.1) is 22.7 Å². The van der Waals surface area contributed by atoms with E-state index in [-0.39, 0.29) is 18.4 Å². The number of fused-ring (bicyclic) bond motifs is 1. The average Bonchev–Trinajstić information content (AvgIpc) is 2.66. The number of rotatable bonds is 2. The summed E-state index contributed by atoms with van der Waals surface area (Å²) in [7, 11) is 0. The highest BCUT2D eigenvalue weighted by atomic mass is 35.5. The molecule has 20 heavy (non-hydrogen) atoms. The van der Waals surface area contributed by atoms with E-state index in [2.05, 4.69) is 4.98 Å². The molecule has 0 atom stereocenters. The average molecular weight is 288 g/mol. The van der Waals surface area contributed by atoms with Gasteiger partial charge in [-0.25, -0.2) is 0 Å². The molecule has 1 aliphatic heterocycles. The summed E-state index contributed by atoms with van der Waals surface area (Å²) in [5, 5.41) is 0.420. The van der Waals surface area contributed by atoms with Crippen LogP contribution in [0.25, 0.3) is 0 Å². The van der Waals surface area contributed by atoms with Crippen LogP contribution < -0.4 is 5.73 Å². The normalized spacial score (nSPS) is 13.8. The maximum absolute atomic E-state index is 12.3. The standard InChI is InChI=1S/C14H10ClN3O2/c15-12-6-17-4-3-8(12)7-18-13(19)10-2-1-9(16)5-11(10)14(18)20/h1-6H,7,16H2. The number of pyridine rings is 1. The third-order valence-corrected chi connectivity index (χ3v) is 3.52. The molecule has 0 spiro atoms. The molecule has 2 amide bonds. The largest absolute Gasteiger partial charge is 0.399 e. The van der Waals surface area contributed by atoms with Crippen LogP contribution in [0.2, 0.25) is 5.02 Å². The number of carbonyl (C=O) groups excluding carboxylic acids is 2. The van der Waals surface area contributed by atoms with Crippen molar-refractivity contribution in [1.29, 1.82) is 0 Å². The van der Waals surface area contributed by atoms with Crippen molar-refractivity contribution in [3.05, 3.63) is 58.4 Å². The molecule has 0 fully saturated rings. The summed E-state index contributed by atoms with van der Waals surface area (Å²) < 4.78 is 0. The zero-order valence-corrected chi connectivity index (χ0v) is 11.1. The summed E-state index contributed by atoms with van der Waals surface area (Å²) in [5.74, 6) is -0.692. The van der Waals surface area contributed by atoms with Gasteiger partial charge in [-0.05, 0) is 29.8 Å². The Bertz CT molecular complexity index is 730. The number of nitrogen functional groups attached to an aromatic ring is 1. The minimum atomic E-state index is -0.356. The van der Waals surface area contributed by atoms with Gasteiger partial charge in [0.1, 0.15) is 0 Å². The van der Waals surface area contributed by atoms with E-state index in [1.165, 1.54) is 12.3 Å². The Balaban J connectivity index is 1.96. The number of benzene rings is 1. The zero-order chi connectivity index (χ0) is 14.3. The predicted molar refractivity (Wildman–Crippen MR) is 74.3 cm³/mol. The maximum Gasteiger partial charge on any atom is 0.261 e. The molecule has 2 heterocycles. The molecule has 1 aromatic carbocycles. The summed E-state index contributed by atoms with van der Waals surface area (Å²) in [6.07, 6.45) is 3.05. The number of hydrogen-bond acceptors (Lipinski definition) is 4. The zero-order valence-electron chi connectivity index (χ0n) is 10.3. The van der Waals surface area contributed by atoms with Crippen molar-refractivity contribution in [3.8, 4) is 0 Å². The Morgan fingerprint density at radius 3 is 2.65 bits per heavy atom. The van der Waals surface area contributed by atoms with Crippen molar-refractivity contribution in [3.63, 3.8) is 0 Å². The monoisotopic (exact) mass is 287 g/mol. The minimum Gasteiger partial charge on any atom is -0.399 e. The first-order chi connectivity index (χ1) is 9.58. The molecule has 1 aliphatic rings. The van der Waals surface area contributed by atoms with Gasteiger partial charge < -0.3 is 5.73 Å². The topological polar surface area (TPSA) is 76.3 Å². The molecule has 100 valence electrons. The van der Waals surface area contributed by atoms with Gasteiger partial charge in [-0.2, -0.15) is 0 Å². The molecule has 1 aromatic heterocycles. The molecule has 6 heteroatoms. The number of imide groups is 1. The molecule has 0 aliphatic carbocycles. The lowest BCUT2D eigenvalue weighted by Crippen LogP contribution is -2.29. The quantitative estimate of drug-likeness (QED) is 0.678. The molecular weight excluding hydrogens is 278 g/mol. The molecule has 3 rings (SSSR count). The molecule has 2 N–H and O–H groups in total. The van der Waals surface area contributed by atoms with Crippen LogP contribution in [0.4, 0.5) is 5.69 Å². The van der Waals surface area contributed by atoms with Gasteiger partial charge in [0.2, 0.25) is 0 Å². The smallest absolute Gasteiger partial charge is 0.261 e. The fourth-order valence-corrected chi connectivity index (χ4v) is 2.33. The van der Waals surface area contributed by atoms with E-state index in [9.17, 15) is 9.59 Å². The van der Waals surface area contributed by atoms with Crippen molar-refractivity contribution in [1.82, 2.24) is 9.88 Å². The van der Waals surface area contributed by atoms with E-state index < -0.39 is 0 Å². The molecule has 5 nitrogen and oxygen atoms in total. The molecule has 0 saturated carbocycles. The summed E-state index contributed by atoms with van der Waals surface area (Å²) in [6, 6.07) is 6.37. The lowest BCUT2D eigenvalue weighted by atomic mass is 10.1. The van der Waals surface area contributed by atoms with Crippen LogP contribution in [-0.4, -0.2) is 21.7 Å². The third kappa shape index (κ3) is 1.92. The third-order valence-electron chi connectivity index (χ3n) is 3.18. The second-order valence-electron chi connectivity index (χ2n) is 4.47. The number of carbonyl (C=O) groups is 2. The highest BCUT2D eigenvalue weighted by Gasteiger charge is 2.35. The molecular formula is C14H10ClN3O2. The first kappa shape index (κ1) is 12.6. The number of halogens is 1. The Labute approximate surface area is 120 Å². The lowest BCUT2D eigenvalue weighted by molar-refractivity contribution is 0.0642. The first-order valence-electron chi connectivity index (χ1n) is 5.92. The van der Waals surface area contributed by atoms with E-state index in [4.69, 9.17) is 17.3 Å². The number of nitrogens with zero attached hydrogens (tertiary/aromatic N) is 2. The van der Waals surface area contributed by atoms with Gasteiger partial charge in [0.15, 0.2) is 0 Å². The number of hydrogen-bond donors (Lipinski definition) is 1. The van der Waals surface area contributed by atoms with Gasteiger partial charge in [0, 0.05) is 18.1 Å². The summed E-state index contributed by atoms with van der Waals surface area (Å²) >= 11 is 6.00. The molecule has 0 saturated heterocycles. The summed E-state index contributed by atoms with van der Waals surface area (Å²) in [5.41, 5.74) is 7.48. The Morgan fingerprint density at radius 1 is 1.15 bits per heavy atom. The second kappa shape index (κ2) is 4.61. The van der Waals surface area contributed by atoms with Crippen LogP contribution in [0, 0.1) is 0 Å². The summed E-state index contributed by atoms with van der Waals surface area (Å²) in [4.78, 5) is 29.5. The van der Waals surface area contributed by atoms with E-state index in [0.717, 1.165) is 4.90 Å². The fourth-order valence-electron chi connectivity index (χ4n) is 2.15. The lowest BCUT2D eigenvalue weighted by Gasteiger charge is -2.14. The van der Waals surface area contributed by atoms with Crippen molar-refractivity contribution >= 4 is 29.1 Å². The predicted octanol–water partition coefficient (Wildman–Crippen LogP) is 2.11. The van der Waals surface area contributed by atoms with Gasteiger partial charge in [0.25, 0.3) is 11.8 Å². The fraction of sp³-hybridized carbons (Fsp3) is 0.0714. The van der Waals surface area contributed by atoms with Crippen molar-refractivity contribution in [2.75, 3.05) is 5.73 Å². The molecule has 0 radical (unpaired) electrons. The van der Waals surface area contributed by atoms with E-state index in [1.54, 1.807) is 24.4 Å². The first-order valence-corrected chi connectivity index (χ1v) is 6.30. The molecule has 0 bridgehead atoms. The number of amides is 2. The van der Waals surface area contributed by atoms with E-state index in [0.29, 0.717) is 27.4 Å². The van der Waals surface area contributed by atoms with Crippen molar-refractivity contribution < 1.29 is 9.59 Å². The van der Waals surface area contributed by atoms with Gasteiger partial charge in [-0.15, -0.1) is 0 Å². The van der Waals surface area contributed by atoms with Gasteiger partial charge in [-0.1, -0.05) is 11.6 Å². The van der Waals surface area contributed by atoms with E-state index >= 15 is 0 Å². The van der Waals surface area contributed by atoms with Crippen molar-refractivity contribution in [2.45, 2.75) is 6.54 Å². The maximum atomic E-state index is 12.3. The van der Waals surface area contributed by atoms with Crippen LogP contribution in [0.5, 0.6) is 0 Å². The van der Waals surface area contributed by atoms with Crippen LogP contribution in [-0.2, 0) is 6.54 Å².